The molecule has 1 aromatic heterocycles. The number of aliphatic hydroxyl groups is 1. The zero-order chi connectivity index (χ0) is 14.1. The lowest BCUT2D eigenvalue weighted by Gasteiger charge is -2.14. The van der Waals surface area contributed by atoms with E-state index in [1.807, 2.05) is 0 Å². The van der Waals surface area contributed by atoms with Crippen LogP contribution in [0.15, 0.2) is 23.3 Å². The summed E-state index contributed by atoms with van der Waals surface area (Å²) >= 11 is 0. The molecular weight excluding hydrogens is 256 g/mol. The van der Waals surface area contributed by atoms with Crippen LogP contribution in [0.3, 0.4) is 0 Å². The first-order valence-corrected chi connectivity index (χ1v) is 6.82. The van der Waals surface area contributed by atoms with E-state index in [9.17, 15) is 9.90 Å². The first-order chi connectivity index (χ1) is 9.63. The van der Waals surface area contributed by atoms with E-state index in [4.69, 9.17) is 5.73 Å². The second-order valence-corrected chi connectivity index (χ2v) is 5.40. The van der Waals surface area contributed by atoms with Crippen molar-refractivity contribution in [3.8, 4) is 0 Å². The number of hydrogen-bond acceptors (Lipinski definition) is 5. The predicted molar refractivity (Wildman–Crippen MR) is 78.6 cm³/mol. The van der Waals surface area contributed by atoms with Gasteiger partial charge in [-0.3, -0.25) is 4.79 Å². The smallest absolute Gasteiger partial charge is 0.258 e. The molecule has 2 atom stereocenters. The third-order valence-electron chi connectivity index (χ3n) is 3.91. The molecule has 20 heavy (non-hydrogen) atoms. The molecule has 6 nitrogen and oxygen atoms in total. The topological polar surface area (TPSA) is 104 Å². The maximum atomic E-state index is 11.6. The molecule has 0 spiro atoms. The van der Waals surface area contributed by atoms with Crippen LogP contribution in [0.2, 0.25) is 0 Å². The van der Waals surface area contributed by atoms with Crippen LogP contribution in [-0.2, 0) is 0 Å². The fourth-order valence-corrected chi connectivity index (χ4v) is 2.77. The van der Waals surface area contributed by atoms with Crippen molar-refractivity contribution >= 4 is 22.3 Å². The van der Waals surface area contributed by atoms with Gasteiger partial charge < -0.3 is 21.1 Å². The lowest BCUT2D eigenvalue weighted by Crippen LogP contribution is -2.14. The van der Waals surface area contributed by atoms with E-state index < -0.39 is 0 Å². The molecule has 1 heterocycles. The highest BCUT2D eigenvalue weighted by Gasteiger charge is 2.22. The van der Waals surface area contributed by atoms with Crippen molar-refractivity contribution in [3.63, 3.8) is 0 Å². The molecule has 1 aliphatic rings. The average molecular weight is 274 g/mol. The number of benzene rings is 1. The highest BCUT2D eigenvalue weighted by atomic mass is 16.3. The Morgan fingerprint density at radius 2 is 2.30 bits per heavy atom. The van der Waals surface area contributed by atoms with Gasteiger partial charge in [-0.1, -0.05) is 0 Å². The Kier molecular flexibility index (Phi) is 3.31. The Hall–Kier alpha value is -2.08. The minimum Gasteiger partial charge on any atom is -0.397 e. The van der Waals surface area contributed by atoms with Gasteiger partial charge in [0.1, 0.15) is 0 Å². The van der Waals surface area contributed by atoms with Crippen LogP contribution in [0.5, 0.6) is 0 Å². The summed E-state index contributed by atoms with van der Waals surface area (Å²) in [5, 5.41) is 13.3. The van der Waals surface area contributed by atoms with E-state index in [-0.39, 0.29) is 11.7 Å². The number of rotatable bonds is 3. The summed E-state index contributed by atoms with van der Waals surface area (Å²) < 4.78 is 0. The van der Waals surface area contributed by atoms with Gasteiger partial charge >= 0.3 is 0 Å². The SMILES string of the molecule is Nc1cc2c(=O)[nH]cnc2cc1NCC1CCC(O)C1. The Bertz CT molecular complexity index is 682. The summed E-state index contributed by atoms with van der Waals surface area (Å²) in [6.07, 6.45) is 3.95. The third-order valence-corrected chi connectivity index (χ3v) is 3.91. The van der Waals surface area contributed by atoms with E-state index in [0.717, 1.165) is 31.5 Å². The summed E-state index contributed by atoms with van der Waals surface area (Å²) in [6.45, 7) is 0.774. The molecule has 0 amide bonds. The molecule has 0 bridgehead atoms. The number of fused-ring (bicyclic) bond motifs is 1. The first-order valence-electron chi connectivity index (χ1n) is 6.82. The van der Waals surface area contributed by atoms with E-state index in [1.54, 1.807) is 12.1 Å². The molecule has 0 radical (unpaired) electrons. The number of aromatic amines is 1. The summed E-state index contributed by atoms with van der Waals surface area (Å²) in [5.74, 6) is 0.465. The first kappa shape index (κ1) is 12.9. The lowest BCUT2D eigenvalue weighted by atomic mass is 10.1. The summed E-state index contributed by atoms with van der Waals surface area (Å²) in [4.78, 5) is 18.3. The van der Waals surface area contributed by atoms with Crippen molar-refractivity contribution in [2.75, 3.05) is 17.6 Å². The highest BCUT2D eigenvalue weighted by Crippen LogP contribution is 2.28. The quantitative estimate of drug-likeness (QED) is 0.627. The molecule has 3 rings (SSSR count). The normalized spacial score (nSPS) is 22.2. The second kappa shape index (κ2) is 5.13. The molecule has 1 aliphatic carbocycles. The summed E-state index contributed by atoms with van der Waals surface area (Å²) in [7, 11) is 0. The number of nitrogens with one attached hydrogen (secondary N) is 2. The van der Waals surface area contributed by atoms with Crippen LogP contribution < -0.4 is 16.6 Å². The molecule has 1 fully saturated rings. The van der Waals surface area contributed by atoms with Gasteiger partial charge in [-0.05, 0) is 37.3 Å². The number of aliphatic hydroxyl groups excluding tert-OH is 1. The molecule has 0 saturated heterocycles. The van der Waals surface area contributed by atoms with Crippen LogP contribution >= 0.6 is 0 Å². The van der Waals surface area contributed by atoms with Gasteiger partial charge in [-0.25, -0.2) is 4.98 Å². The molecule has 5 N–H and O–H groups in total. The molecule has 6 heteroatoms. The molecule has 1 saturated carbocycles. The fraction of sp³-hybridized carbons (Fsp3) is 0.429. The number of hydrogen-bond donors (Lipinski definition) is 4. The zero-order valence-corrected chi connectivity index (χ0v) is 11.1. The standard InChI is InChI=1S/C14H18N4O2/c15-11-4-10-12(17-7-18-14(10)20)5-13(11)16-6-8-1-2-9(19)3-8/h4-5,7-9,16,19H,1-3,6,15H2,(H,17,18,20). The Morgan fingerprint density at radius 3 is 3.05 bits per heavy atom. The third kappa shape index (κ3) is 2.46. The largest absolute Gasteiger partial charge is 0.397 e. The van der Waals surface area contributed by atoms with Gasteiger partial charge in [0.2, 0.25) is 0 Å². The van der Waals surface area contributed by atoms with Crippen molar-refractivity contribution in [1.82, 2.24) is 9.97 Å². The lowest BCUT2D eigenvalue weighted by molar-refractivity contribution is 0.178. The van der Waals surface area contributed by atoms with Crippen LogP contribution in [0.25, 0.3) is 10.9 Å². The van der Waals surface area contributed by atoms with E-state index >= 15 is 0 Å². The van der Waals surface area contributed by atoms with Crippen LogP contribution in [0.1, 0.15) is 19.3 Å². The van der Waals surface area contributed by atoms with Crippen LogP contribution in [-0.4, -0.2) is 27.7 Å². The Labute approximate surface area is 116 Å². The van der Waals surface area contributed by atoms with Gasteiger partial charge in [0, 0.05) is 6.54 Å². The highest BCUT2D eigenvalue weighted by molar-refractivity contribution is 5.88. The average Bonchev–Trinajstić information content (AvgIpc) is 2.83. The molecule has 2 aromatic rings. The maximum Gasteiger partial charge on any atom is 0.258 e. The summed E-state index contributed by atoms with van der Waals surface area (Å²) in [5.41, 5.74) is 7.73. The van der Waals surface area contributed by atoms with Crippen molar-refractivity contribution in [1.29, 1.82) is 0 Å². The molecular formula is C14H18N4O2. The second-order valence-electron chi connectivity index (χ2n) is 5.40. The minimum atomic E-state index is -0.188. The molecule has 0 aliphatic heterocycles. The number of nitrogen functional groups attached to an aromatic ring is 1. The number of H-pyrrole nitrogens is 1. The Morgan fingerprint density at radius 1 is 1.45 bits per heavy atom. The van der Waals surface area contributed by atoms with Crippen LogP contribution in [0.4, 0.5) is 11.4 Å². The van der Waals surface area contributed by atoms with E-state index in [1.165, 1.54) is 6.33 Å². The van der Waals surface area contributed by atoms with Crippen LogP contribution in [0, 0.1) is 5.92 Å². The number of anilines is 2. The van der Waals surface area contributed by atoms with Gasteiger partial charge in [-0.15, -0.1) is 0 Å². The monoisotopic (exact) mass is 274 g/mol. The van der Waals surface area contributed by atoms with Crippen molar-refractivity contribution in [3.05, 3.63) is 28.8 Å². The fourth-order valence-electron chi connectivity index (χ4n) is 2.77. The summed E-state index contributed by atoms with van der Waals surface area (Å²) in [6, 6.07) is 3.44. The molecule has 106 valence electrons. The van der Waals surface area contributed by atoms with E-state index in [2.05, 4.69) is 15.3 Å². The van der Waals surface area contributed by atoms with E-state index in [0.29, 0.717) is 22.5 Å². The predicted octanol–water partition coefficient (Wildman–Crippen LogP) is 1.08. The maximum absolute atomic E-state index is 11.6. The number of nitrogens with zero attached hydrogens (tertiary/aromatic N) is 1. The van der Waals surface area contributed by atoms with Gasteiger partial charge in [0.15, 0.2) is 0 Å². The number of aromatic nitrogens is 2. The minimum absolute atomic E-state index is 0.170. The van der Waals surface area contributed by atoms with Gasteiger partial charge in [-0.2, -0.15) is 0 Å². The van der Waals surface area contributed by atoms with Crippen molar-refractivity contribution in [2.45, 2.75) is 25.4 Å². The van der Waals surface area contributed by atoms with Gasteiger partial charge in [0.25, 0.3) is 5.56 Å². The van der Waals surface area contributed by atoms with Gasteiger partial charge in [0.05, 0.1) is 34.7 Å². The zero-order valence-electron chi connectivity index (χ0n) is 11.1. The number of nitrogens with two attached hydrogens (primary N) is 1. The van der Waals surface area contributed by atoms with Crippen molar-refractivity contribution in [2.24, 2.45) is 5.92 Å². The van der Waals surface area contributed by atoms with Crippen molar-refractivity contribution < 1.29 is 5.11 Å². The molecule has 1 aromatic carbocycles. The Balaban J connectivity index is 1.81. The molecule has 2 unspecified atom stereocenters.